The fourth-order valence-electron chi connectivity index (χ4n) is 2.12. The number of nitrogens with one attached hydrogen (secondary N) is 2. The van der Waals surface area contributed by atoms with Crippen molar-refractivity contribution >= 4 is 11.7 Å². The summed E-state index contributed by atoms with van der Waals surface area (Å²) in [4.78, 5) is 17.7. The molecule has 0 aromatic carbocycles. The monoisotopic (exact) mass is 300 g/mol. The number of urea groups is 1. The number of halogens is 2. The van der Waals surface area contributed by atoms with Gasteiger partial charge in [0.05, 0.1) is 11.9 Å². The van der Waals surface area contributed by atoms with Crippen molar-refractivity contribution in [3.63, 3.8) is 0 Å². The Kier molecular flexibility index (Phi) is 5.26. The number of carbonyl (C=O) groups is 1. The normalized spacial score (nSPS) is 16.8. The summed E-state index contributed by atoms with van der Waals surface area (Å²) < 4.78 is 28.1. The van der Waals surface area contributed by atoms with Gasteiger partial charge in [0.2, 0.25) is 5.88 Å². The van der Waals surface area contributed by atoms with Gasteiger partial charge >= 0.3 is 12.6 Å². The molecule has 0 radical (unpaired) electrons. The number of hydrogen-bond acceptors (Lipinski definition) is 4. The summed E-state index contributed by atoms with van der Waals surface area (Å²) in [5, 5.41) is 5.49. The molecule has 2 rings (SSSR count). The molecule has 2 heterocycles. The van der Waals surface area contributed by atoms with Gasteiger partial charge in [-0.2, -0.15) is 8.78 Å². The van der Waals surface area contributed by atoms with Crippen LogP contribution in [-0.2, 0) is 0 Å². The highest BCUT2D eigenvalue weighted by atomic mass is 19.3. The fourth-order valence-corrected chi connectivity index (χ4v) is 2.12. The number of hydrogen-bond donors (Lipinski definition) is 2. The summed E-state index contributed by atoms with van der Waals surface area (Å²) in [6, 6.07) is 2.56. The third-order valence-corrected chi connectivity index (χ3v) is 3.26. The molecule has 2 amide bonds. The summed E-state index contributed by atoms with van der Waals surface area (Å²) in [6.07, 6.45) is 3.08. The highest BCUT2D eigenvalue weighted by molar-refractivity contribution is 5.89. The van der Waals surface area contributed by atoms with Crippen LogP contribution in [0.3, 0.4) is 0 Å². The Labute approximate surface area is 121 Å². The molecular formula is C13H18F2N4O2. The Bertz CT molecular complexity index is 462. The van der Waals surface area contributed by atoms with E-state index >= 15 is 0 Å². The van der Waals surface area contributed by atoms with E-state index in [0.29, 0.717) is 5.69 Å². The molecule has 0 spiro atoms. The van der Waals surface area contributed by atoms with Crippen molar-refractivity contribution in [2.75, 3.05) is 25.5 Å². The third-order valence-electron chi connectivity index (χ3n) is 3.26. The van der Waals surface area contributed by atoms with Crippen molar-refractivity contribution in [1.29, 1.82) is 0 Å². The average Bonchev–Trinajstić information content (AvgIpc) is 2.43. The molecule has 0 unspecified atom stereocenters. The molecule has 1 saturated heterocycles. The lowest BCUT2D eigenvalue weighted by Gasteiger charge is -2.29. The molecule has 6 nitrogen and oxygen atoms in total. The van der Waals surface area contributed by atoms with E-state index in [1.807, 2.05) is 7.05 Å². The summed E-state index contributed by atoms with van der Waals surface area (Å²) >= 11 is 0. The van der Waals surface area contributed by atoms with Crippen LogP contribution in [0.4, 0.5) is 19.3 Å². The number of piperidine rings is 1. The lowest BCUT2D eigenvalue weighted by atomic mass is 10.1. The number of nitrogens with zero attached hydrogens (tertiary/aromatic N) is 2. The van der Waals surface area contributed by atoms with Crippen LogP contribution in [0.1, 0.15) is 12.8 Å². The highest BCUT2D eigenvalue weighted by Crippen LogP contribution is 2.14. The van der Waals surface area contributed by atoms with Gasteiger partial charge in [0, 0.05) is 12.1 Å². The standard InChI is InChI=1S/C13H18F2N4O2/c1-19-6-4-9(5-7-19)17-13(20)18-10-2-3-11(16-8-10)21-12(14)15/h2-3,8-9,12H,4-7H2,1H3,(H2,17,18,20). The van der Waals surface area contributed by atoms with Crippen LogP contribution in [0, 0.1) is 0 Å². The number of ether oxygens (including phenoxy) is 1. The second kappa shape index (κ2) is 7.16. The first-order valence-corrected chi connectivity index (χ1v) is 6.70. The lowest BCUT2D eigenvalue weighted by molar-refractivity contribution is -0.0528. The number of rotatable bonds is 4. The number of aromatic nitrogens is 1. The van der Waals surface area contributed by atoms with Gasteiger partial charge in [-0.25, -0.2) is 9.78 Å². The highest BCUT2D eigenvalue weighted by Gasteiger charge is 2.18. The first-order valence-electron chi connectivity index (χ1n) is 6.70. The first-order chi connectivity index (χ1) is 10.0. The molecule has 0 aliphatic carbocycles. The lowest BCUT2D eigenvalue weighted by Crippen LogP contribution is -2.44. The average molecular weight is 300 g/mol. The van der Waals surface area contributed by atoms with E-state index in [1.54, 1.807) is 0 Å². The summed E-state index contributed by atoms with van der Waals surface area (Å²) in [5.41, 5.74) is 0.419. The fraction of sp³-hybridized carbons (Fsp3) is 0.538. The Morgan fingerprint density at radius 2 is 2.14 bits per heavy atom. The van der Waals surface area contributed by atoms with Gasteiger partial charge in [-0.1, -0.05) is 0 Å². The van der Waals surface area contributed by atoms with Gasteiger partial charge in [-0.3, -0.25) is 0 Å². The van der Waals surface area contributed by atoms with Crippen LogP contribution in [0.2, 0.25) is 0 Å². The zero-order valence-corrected chi connectivity index (χ0v) is 11.7. The maximum Gasteiger partial charge on any atom is 0.388 e. The van der Waals surface area contributed by atoms with E-state index in [-0.39, 0.29) is 18.0 Å². The van der Waals surface area contributed by atoms with E-state index in [9.17, 15) is 13.6 Å². The molecular weight excluding hydrogens is 282 g/mol. The topological polar surface area (TPSA) is 66.5 Å². The zero-order valence-electron chi connectivity index (χ0n) is 11.7. The van der Waals surface area contributed by atoms with Crippen molar-refractivity contribution in [2.24, 2.45) is 0 Å². The number of likely N-dealkylation sites (tertiary alicyclic amines) is 1. The molecule has 0 saturated carbocycles. The molecule has 21 heavy (non-hydrogen) atoms. The van der Waals surface area contributed by atoms with Crippen molar-refractivity contribution in [3.05, 3.63) is 18.3 Å². The largest absolute Gasteiger partial charge is 0.417 e. The second-order valence-corrected chi connectivity index (χ2v) is 4.94. The predicted octanol–water partition coefficient (Wildman–Crippen LogP) is 1.90. The molecule has 1 fully saturated rings. The quantitative estimate of drug-likeness (QED) is 0.891. The zero-order chi connectivity index (χ0) is 15.2. The van der Waals surface area contributed by atoms with Gasteiger partial charge in [-0.15, -0.1) is 0 Å². The van der Waals surface area contributed by atoms with Gasteiger partial charge < -0.3 is 20.3 Å². The van der Waals surface area contributed by atoms with E-state index in [4.69, 9.17) is 0 Å². The molecule has 0 bridgehead atoms. The van der Waals surface area contributed by atoms with Crippen LogP contribution in [0.25, 0.3) is 0 Å². The second-order valence-electron chi connectivity index (χ2n) is 4.94. The molecule has 116 valence electrons. The summed E-state index contributed by atoms with van der Waals surface area (Å²) in [5.74, 6) is -0.189. The number of carbonyl (C=O) groups excluding carboxylic acids is 1. The minimum absolute atomic E-state index is 0.149. The molecule has 0 atom stereocenters. The van der Waals surface area contributed by atoms with Gasteiger partial charge in [0.25, 0.3) is 0 Å². The Hall–Kier alpha value is -1.96. The van der Waals surface area contributed by atoms with E-state index < -0.39 is 6.61 Å². The molecule has 8 heteroatoms. The molecule has 1 aromatic rings. The van der Waals surface area contributed by atoms with Crippen molar-refractivity contribution in [3.8, 4) is 5.88 Å². The number of pyridine rings is 1. The minimum Gasteiger partial charge on any atom is -0.417 e. The summed E-state index contributed by atoms with van der Waals surface area (Å²) in [7, 11) is 2.05. The molecule has 1 aromatic heterocycles. The maximum atomic E-state index is 12.0. The Morgan fingerprint density at radius 1 is 1.43 bits per heavy atom. The Balaban J connectivity index is 1.79. The van der Waals surface area contributed by atoms with Crippen molar-refractivity contribution < 1.29 is 18.3 Å². The maximum absolute atomic E-state index is 12.0. The van der Waals surface area contributed by atoms with Crippen LogP contribution in [-0.4, -0.2) is 48.7 Å². The number of alkyl halides is 2. The predicted molar refractivity (Wildman–Crippen MR) is 73.5 cm³/mol. The van der Waals surface area contributed by atoms with Crippen molar-refractivity contribution in [1.82, 2.24) is 15.2 Å². The number of amides is 2. The van der Waals surface area contributed by atoms with E-state index in [1.165, 1.54) is 18.3 Å². The van der Waals surface area contributed by atoms with Crippen LogP contribution in [0.15, 0.2) is 18.3 Å². The van der Waals surface area contributed by atoms with E-state index in [2.05, 4.69) is 25.3 Å². The van der Waals surface area contributed by atoms with Gasteiger partial charge in [0.15, 0.2) is 0 Å². The molecule has 2 N–H and O–H groups in total. The third kappa shape index (κ3) is 5.14. The SMILES string of the molecule is CN1CCC(NC(=O)Nc2ccc(OC(F)F)nc2)CC1. The molecule has 1 aliphatic rings. The smallest absolute Gasteiger partial charge is 0.388 e. The first kappa shape index (κ1) is 15.4. The van der Waals surface area contributed by atoms with Crippen LogP contribution in [0.5, 0.6) is 5.88 Å². The van der Waals surface area contributed by atoms with Crippen molar-refractivity contribution in [2.45, 2.75) is 25.5 Å². The Morgan fingerprint density at radius 3 is 2.71 bits per heavy atom. The van der Waals surface area contributed by atoms with Crippen LogP contribution >= 0.6 is 0 Å². The van der Waals surface area contributed by atoms with Crippen LogP contribution < -0.4 is 15.4 Å². The molecule has 1 aliphatic heterocycles. The van der Waals surface area contributed by atoms with Gasteiger partial charge in [0.1, 0.15) is 0 Å². The minimum atomic E-state index is -2.91. The summed E-state index contributed by atoms with van der Waals surface area (Å²) in [6.45, 7) is -1.01. The van der Waals surface area contributed by atoms with E-state index in [0.717, 1.165) is 25.9 Å². The number of anilines is 1. The van der Waals surface area contributed by atoms with Gasteiger partial charge in [-0.05, 0) is 39.0 Å².